The fourth-order valence-corrected chi connectivity index (χ4v) is 4.51. The van der Waals surface area contributed by atoms with Gasteiger partial charge in [-0.2, -0.15) is 0 Å². The van der Waals surface area contributed by atoms with E-state index in [4.69, 9.17) is 4.74 Å². The first-order valence-corrected chi connectivity index (χ1v) is 12.2. The zero-order chi connectivity index (χ0) is 26.5. The normalized spacial score (nSPS) is 17.4. The zero-order valence-corrected chi connectivity index (χ0v) is 20.6. The number of nitrogens with zero attached hydrogens (tertiary/aromatic N) is 4. The molecule has 0 aliphatic carbocycles. The lowest BCUT2D eigenvalue weighted by molar-refractivity contribution is -0.130. The molecule has 1 atom stereocenters. The van der Waals surface area contributed by atoms with Gasteiger partial charge in [-0.3, -0.25) is 14.5 Å². The molecule has 198 valence electrons. The van der Waals surface area contributed by atoms with Gasteiger partial charge in [0, 0.05) is 43.7 Å². The summed E-state index contributed by atoms with van der Waals surface area (Å²) in [6, 6.07) is 2.09. The first-order valence-electron chi connectivity index (χ1n) is 11.2. The van der Waals surface area contributed by atoms with Crippen molar-refractivity contribution < 1.29 is 37.4 Å². The Labute approximate surface area is 214 Å². The second kappa shape index (κ2) is 11.4. The number of anilines is 2. The van der Waals surface area contributed by atoms with E-state index in [0.29, 0.717) is 0 Å². The molecule has 2 aromatic rings. The van der Waals surface area contributed by atoms with Crippen molar-refractivity contribution in [2.45, 2.75) is 6.10 Å². The second-order valence-corrected chi connectivity index (χ2v) is 8.89. The summed E-state index contributed by atoms with van der Waals surface area (Å²) in [6.07, 6.45) is -2.20. The third-order valence-corrected chi connectivity index (χ3v) is 6.45. The molecule has 0 bridgehead atoms. The van der Waals surface area contributed by atoms with Crippen LogP contribution in [0, 0.1) is 11.6 Å². The molecule has 1 unspecified atom stereocenters. The van der Waals surface area contributed by atoms with Gasteiger partial charge in [-0.15, -0.1) is 11.3 Å². The molecular formula is C22H24F2N6O6S. The lowest BCUT2D eigenvalue weighted by atomic mass is 10.2. The number of methoxy groups -OCH3 is 1. The molecule has 0 radical (unpaired) electrons. The quantitative estimate of drug-likeness (QED) is 0.537. The van der Waals surface area contributed by atoms with E-state index in [-0.39, 0.29) is 68.8 Å². The summed E-state index contributed by atoms with van der Waals surface area (Å²) >= 11 is 1.26. The molecule has 4 rings (SSSR count). The number of nitrogens with one attached hydrogen (secondary N) is 2. The minimum atomic E-state index is -0.866. The molecule has 1 aromatic carbocycles. The van der Waals surface area contributed by atoms with Crippen LogP contribution >= 0.6 is 11.3 Å². The van der Waals surface area contributed by atoms with Crippen molar-refractivity contribution in [2.75, 3.05) is 62.7 Å². The van der Waals surface area contributed by atoms with Gasteiger partial charge in [0.2, 0.25) is 5.91 Å². The van der Waals surface area contributed by atoms with E-state index in [1.54, 1.807) is 5.38 Å². The van der Waals surface area contributed by atoms with Crippen LogP contribution in [0.15, 0.2) is 23.0 Å². The highest BCUT2D eigenvalue weighted by Crippen LogP contribution is 2.31. The molecule has 3 heterocycles. The molecule has 12 nitrogen and oxygen atoms in total. The highest BCUT2D eigenvalue weighted by molar-refractivity contribution is 7.07. The zero-order valence-electron chi connectivity index (χ0n) is 19.7. The van der Waals surface area contributed by atoms with Gasteiger partial charge in [-0.1, -0.05) is 0 Å². The highest BCUT2D eigenvalue weighted by Gasteiger charge is 2.34. The number of hydrogen-bond acceptors (Lipinski definition) is 9. The maximum Gasteiger partial charge on any atom is 0.414 e. The SMILES string of the molecule is COC(=O)NCC1CN(c2cc(F)c(N3CCN(C(=O)CNC(=O)c4cscn4)CC3)c(F)c2)C(=O)O1. The number of piperazine rings is 1. The highest BCUT2D eigenvalue weighted by atomic mass is 32.1. The summed E-state index contributed by atoms with van der Waals surface area (Å²) in [4.78, 5) is 55.8. The van der Waals surface area contributed by atoms with E-state index >= 15 is 8.78 Å². The van der Waals surface area contributed by atoms with E-state index in [0.717, 1.165) is 17.0 Å². The third kappa shape index (κ3) is 6.04. The van der Waals surface area contributed by atoms with Crippen LogP contribution in [0.25, 0.3) is 0 Å². The van der Waals surface area contributed by atoms with Gasteiger partial charge in [0.1, 0.15) is 17.5 Å². The largest absolute Gasteiger partial charge is 0.453 e. The number of rotatable bonds is 7. The number of amides is 4. The average molecular weight is 539 g/mol. The average Bonchev–Trinajstić information content (AvgIpc) is 3.55. The molecule has 2 saturated heterocycles. The van der Waals surface area contributed by atoms with Gasteiger partial charge in [-0.05, 0) is 0 Å². The van der Waals surface area contributed by atoms with Crippen molar-refractivity contribution in [3.05, 3.63) is 40.4 Å². The second-order valence-electron chi connectivity index (χ2n) is 8.17. The topological polar surface area (TPSA) is 133 Å². The maximum atomic E-state index is 15.0. The summed E-state index contributed by atoms with van der Waals surface area (Å²) in [6.45, 7) is 0.517. The van der Waals surface area contributed by atoms with E-state index < -0.39 is 35.8 Å². The summed E-state index contributed by atoms with van der Waals surface area (Å²) in [5, 5.41) is 6.48. The lowest BCUT2D eigenvalue weighted by Crippen LogP contribution is -2.51. The monoisotopic (exact) mass is 538 g/mol. The molecule has 15 heteroatoms. The summed E-state index contributed by atoms with van der Waals surface area (Å²) in [5.41, 5.74) is 1.46. The summed E-state index contributed by atoms with van der Waals surface area (Å²) in [5.74, 6) is -2.50. The van der Waals surface area contributed by atoms with E-state index in [1.165, 1.54) is 33.8 Å². The Morgan fingerprint density at radius 3 is 2.49 bits per heavy atom. The number of alkyl carbamates (subject to hydrolysis) is 1. The maximum absolute atomic E-state index is 15.0. The van der Waals surface area contributed by atoms with Crippen LogP contribution < -0.4 is 20.4 Å². The van der Waals surface area contributed by atoms with Gasteiger partial charge in [0.25, 0.3) is 5.91 Å². The van der Waals surface area contributed by atoms with Crippen molar-refractivity contribution in [2.24, 2.45) is 0 Å². The molecule has 2 fully saturated rings. The van der Waals surface area contributed by atoms with Crippen LogP contribution in [-0.2, 0) is 14.3 Å². The van der Waals surface area contributed by atoms with Gasteiger partial charge < -0.3 is 29.9 Å². The number of cyclic esters (lactones) is 1. The lowest BCUT2D eigenvalue weighted by Gasteiger charge is -2.36. The first-order chi connectivity index (χ1) is 17.8. The Bertz CT molecular complexity index is 1150. The summed E-state index contributed by atoms with van der Waals surface area (Å²) < 4.78 is 39.6. The number of thiazole rings is 1. The van der Waals surface area contributed by atoms with Gasteiger partial charge in [0.05, 0.1) is 37.9 Å². The smallest absolute Gasteiger partial charge is 0.414 e. The minimum Gasteiger partial charge on any atom is -0.453 e. The van der Waals surface area contributed by atoms with Gasteiger partial charge in [0.15, 0.2) is 11.6 Å². The van der Waals surface area contributed by atoms with Crippen LogP contribution in [0.4, 0.5) is 29.7 Å². The Kier molecular flexibility index (Phi) is 8.01. The predicted molar refractivity (Wildman–Crippen MR) is 128 cm³/mol. The molecule has 1 aromatic heterocycles. The number of carbonyl (C=O) groups is 4. The molecule has 4 amide bonds. The van der Waals surface area contributed by atoms with Crippen molar-refractivity contribution in [1.29, 1.82) is 0 Å². The van der Waals surface area contributed by atoms with Gasteiger partial charge >= 0.3 is 12.2 Å². The predicted octanol–water partition coefficient (Wildman–Crippen LogP) is 1.18. The number of ether oxygens (including phenoxy) is 2. The molecule has 37 heavy (non-hydrogen) atoms. The third-order valence-electron chi connectivity index (χ3n) is 5.86. The van der Waals surface area contributed by atoms with Crippen LogP contribution in [0.5, 0.6) is 0 Å². The molecule has 2 N–H and O–H groups in total. The van der Waals surface area contributed by atoms with Crippen LogP contribution in [-0.4, -0.2) is 92.9 Å². The van der Waals surface area contributed by atoms with E-state index in [9.17, 15) is 19.2 Å². The standard InChI is InChI=1S/C22H24F2N6O6S/c1-35-21(33)26-8-14-10-30(22(34)36-14)13-6-15(23)19(16(24)7-13)29-4-2-28(3-5-29)18(31)9-25-20(32)17-11-37-12-27-17/h6-7,11-12,14H,2-5,8-10H2,1H3,(H,25,32)(H,26,33). The fourth-order valence-electron chi connectivity index (χ4n) is 3.98. The van der Waals surface area contributed by atoms with Crippen molar-refractivity contribution in [3.63, 3.8) is 0 Å². The fraction of sp³-hybridized carbons (Fsp3) is 0.409. The first kappa shape index (κ1) is 26.1. The van der Waals surface area contributed by atoms with Crippen molar-refractivity contribution >= 4 is 46.7 Å². The van der Waals surface area contributed by atoms with Crippen molar-refractivity contribution in [1.82, 2.24) is 20.5 Å². The number of halogens is 2. The number of aromatic nitrogens is 1. The molecule has 0 saturated carbocycles. The number of benzene rings is 1. The molecule has 0 spiro atoms. The Balaban J connectivity index is 1.32. The minimum absolute atomic E-state index is 0.0130. The van der Waals surface area contributed by atoms with E-state index in [1.807, 2.05) is 0 Å². The Morgan fingerprint density at radius 2 is 1.86 bits per heavy atom. The van der Waals surface area contributed by atoms with Crippen LogP contribution in [0.3, 0.4) is 0 Å². The number of carbonyl (C=O) groups excluding carboxylic acids is 4. The van der Waals surface area contributed by atoms with E-state index in [2.05, 4.69) is 20.4 Å². The van der Waals surface area contributed by atoms with Crippen molar-refractivity contribution in [3.8, 4) is 0 Å². The van der Waals surface area contributed by atoms with Crippen LogP contribution in [0.1, 0.15) is 10.5 Å². The summed E-state index contributed by atoms with van der Waals surface area (Å²) in [7, 11) is 1.19. The molecule has 2 aliphatic heterocycles. The Morgan fingerprint density at radius 1 is 1.16 bits per heavy atom. The Hall–Kier alpha value is -4.01. The molecule has 2 aliphatic rings. The molecular weight excluding hydrogens is 514 g/mol. The number of hydrogen-bond donors (Lipinski definition) is 2. The van der Waals surface area contributed by atoms with Crippen LogP contribution in [0.2, 0.25) is 0 Å². The van der Waals surface area contributed by atoms with Gasteiger partial charge in [-0.25, -0.2) is 23.4 Å².